The number of halogens is 6. The number of ether oxygens (including phenoxy) is 2. The average Bonchev–Trinajstić information content (AvgIpc) is 3.01. The van der Waals surface area contributed by atoms with Crippen molar-refractivity contribution >= 4 is 22.5 Å². The molecule has 2 N–H and O–H groups in total. The topological polar surface area (TPSA) is 84.2 Å². The van der Waals surface area contributed by atoms with E-state index in [1.165, 1.54) is 6.92 Å². The molecule has 0 bridgehead atoms. The van der Waals surface area contributed by atoms with Crippen LogP contribution < -0.4 is 15.7 Å². The summed E-state index contributed by atoms with van der Waals surface area (Å²) in [5.74, 6) is -5.72. The van der Waals surface area contributed by atoms with Crippen molar-refractivity contribution in [2.75, 3.05) is 7.11 Å². The van der Waals surface area contributed by atoms with Gasteiger partial charge in [-0.05, 0) is 13.0 Å². The highest BCUT2D eigenvalue weighted by Gasteiger charge is 2.65. The summed E-state index contributed by atoms with van der Waals surface area (Å²) in [5, 5.41) is -0.313. The number of benzene rings is 1. The SMILES string of the molecule is COc1c([C@H]2[C@H](c3cc(=O)c4c(Cl)[nH]c(=O)cc4[nH]3)O[C@@](C)(C(F)(F)F)[C@H]2C)ccc(F)c1F. The van der Waals surface area contributed by atoms with Gasteiger partial charge in [-0.25, -0.2) is 4.39 Å². The van der Waals surface area contributed by atoms with Crippen molar-refractivity contribution in [2.45, 2.75) is 37.6 Å². The molecule has 2 aromatic heterocycles. The number of rotatable bonds is 3. The molecule has 1 aliphatic heterocycles. The number of aromatic amines is 2. The molecular formula is C22H18ClF5N2O4. The van der Waals surface area contributed by atoms with E-state index in [1.54, 1.807) is 0 Å². The first-order valence-electron chi connectivity index (χ1n) is 10.0. The van der Waals surface area contributed by atoms with Crippen molar-refractivity contribution in [3.8, 4) is 5.75 Å². The van der Waals surface area contributed by atoms with E-state index >= 15 is 0 Å². The van der Waals surface area contributed by atoms with Crippen molar-refractivity contribution in [3.63, 3.8) is 0 Å². The highest BCUT2D eigenvalue weighted by atomic mass is 35.5. The van der Waals surface area contributed by atoms with Crippen LogP contribution in [0.5, 0.6) is 5.75 Å². The summed E-state index contributed by atoms with van der Waals surface area (Å²) in [4.78, 5) is 29.6. The fraction of sp³-hybridized carbons (Fsp3) is 0.364. The summed E-state index contributed by atoms with van der Waals surface area (Å²) >= 11 is 5.96. The van der Waals surface area contributed by atoms with Crippen LogP contribution in [0, 0.1) is 17.6 Å². The third-order valence-corrected chi connectivity index (χ3v) is 6.71. The molecule has 3 heterocycles. The van der Waals surface area contributed by atoms with Gasteiger partial charge in [-0.3, -0.25) is 9.59 Å². The van der Waals surface area contributed by atoms with Gasteiger partial charge < -0.3 is 19.4 Å². The third kappa shape index (κ3) is 3.58. The van der Waals surface area contributed by atoms with E-state index in [-0.39, 0.29) is 27.3 Å². The van der Waals surface area contributed by atoms with Crippen LogP contribution in [0.4, 0.5) is 22.0 Å². The Morgan fingerprint density at radius 3 is 2.44 bits per heavy atom. The van der Waals surface area contributed by atoms with Gasteiger partial charge in [-0.1, -0.05) is 24.6 Å². The van der Waals surface area contributed by atoms with Crippen molar-refractivity contribution in [2.24, 2.45) is 5.92 Å². The van der Waals surface area contributed by atoms with Gasteiger partial charge in [0.25, 0.3) is 5.56 Å². The zero-order chi connectivity index (χ0) is 25.2. The Hall–Kier alpha value is -2.92. The molecule has 0 spiro atoms. The molecule has 12 heteroatoms. The molecule has 1 fully saturated rings. The normalized spacial score (nSPS) is 25.1. The molecule has 3 aromatic rings. The molecule has 0 amide bonds. The lowest BCUT2D eigenvalue weighted by molar-refractivity contribution is -0.275. The van der Waals surface area contributed by atoms with Gasteiger partial charge in [-0.2, -0.15) is 17.6 Å². The number of pyridine rings is 2. The van der Waals surface area contributed by atoms with Crippen molar-refractivity contribution in [1.82, 2.24) is 9.97 Å². The quantitative estimate of drug-likeness (QED) is 0.390. The Morgan fingerprint density at radius 1 is 1.15 bits per heavy atom. The van der Waals surface area contributed by atoms with Gasteiger partial charge >= 0.3 is 6.18 Å². The van der Waals surface area contributed by atoms with Gasteiger partial charge in [0.1, 0.15) is 11.3 Å². The van der Waals surface area contributed by atoms with E-state index in [0.717, 1.165) is 38.3 Å². The van der Waals surface area contributed by atoms with Crippen LogP contribution in [0.3, 0.4) is 0 Å². The molecule has 4 atom stereocenters. The lowest BCUT2D eigenvalue weighted by Gasteiger charge is -2.32. The Morgan fingerprint density at radius 2 is 1.82 bits per heavy atom. The number of methoxy groups -OCH3 is 1. The Labute approximate surface area is 193 Å². The van der Waals surface area contributed by atoms with E-state index in [2.05, 4.69) is 9.97 Å². The predicted octanol–water partition coefficient (Wildman–Crippen LogP) is 4.97. The fourth-order valence-electron chi connectivity index (χ4n) is 4.51. The Kier molecular flexibility index (Phi) is 5.76. The molecule has 0 unspecified atom stereocenters. The number of nitrogens with one attached hydrogen (secondary N) is 2. The van der Waals surface area contributed by atoms with Crippen molar-refractivity contribution in [3.05, 3.63) is 72.9 Å². The zero-order valence-corrected chi connectivity index (χ0v) is 18.7. The molecule has 1 aliphatic rings. The largest absolute Gasteiger partial charge is 0.493 e. The predicted molar refractivity (Wildman–Crippen MR) is 113 cm³/mol. The van der Waals surface area contributed by atoms with Gasteiger partial charge in [0.05, 0.1) is 18.0 Å². The van der Waals surface area contributed by atoms with Gasteiger partial charge in [0.15, 0.2) is 22.6 Å². The molecule has 182 valence electrons. The van der Waals surface area contributed by atoms with Crippen LogP contribution >= 0.6 is 11.6 Å². The summed E-state index contributed by atoms with van der Waals surface area (Å²) in [7, 11) is 1.06. The molecule has 6 nitrogen and oxygen atoms in total. The van der Waals surface area contributed by atoms with Crippen molar-refractivity contribution in [1.29, 1.82) is 0 Å². The average molecular weight is 505 g/mol. The van der Waals surface area contributed by atoms with Crippen LogP contribution in [0.15, 0.2) is 33.9 Å². The third-order valence-electron chi connectivity index (χ3n) is 6.43. The Balaban J connectivity index is 1.99. The Bertz CT molecular complexity index is 1400. The summed E-state index contributed by atoms with van der Waals surface area (Å²) < 4.78 is 81.2. The second-order valence-corrected chi connectivity index (χ2v) is 8.64. The number of hydrogen-bond donors (Lipinski definition) is 2. The lowest BCUT2D eigenvalue weighted by atomic mass is 9.76. The molecule has 1 aromatic carbocycles. The van der Waals surface area contributed by atoms with E-state index in [4.69, 9.17) is 21.1 Å². The molecule has 0 aliphatic carbocycles. The summed E-state index contributed by atoms with van der Waals surface area (Å²) in [6.45, 7) is 2.11. The number of aromatic nitrogens is 2. The smallest absolute Gasteiger partial charge is 0.417 e. The first-order chi connectivity index (χ1) is 15.8. The molecule has 1 saturated heterocycles. The minimum Gasteiger partial charge on any atom is -0.493 e. The summed E-state index contributed by atoms with van der Waals surface area (Å²) in [5.41, 5.74) is -4.24. The maximum absolute atomic E-state index is 14.5. The second kappa shape index (κ2) is 8.09. The van der Waals surface area contributed by atoms with Crippen LogP contribution in [0.2, 0.25) is 5.15 Å². The highest BCUT2D eigenvalue weighted by molar-refractivity contribution is 6.34. The standard InChI is InChI=1S/C22H18ClF5N2O4/c1-8-15(9-4-5-10(24)17(25)18(9)33-3)19(34-21(8,2)22(26,27)28)12-6-13(31)16-11(29-12)7-14(32)30-20(16)23/h4-8,15,19H,1-3H3,(H,29,31)(H,30,32)/t8-,15-,19-,21+/m0/s1. The van der Waals surface area contributed by atoms with Crippen LogP contribution in [-0.2, 0) is 4.74 Å². The minimum atomic E-state index is -4.84. The first-order valence-corrected chi connectivity index (χ1v) is 10.4. The minimum absolute atomic E-state index is 0.0240. The zero-order valence-electron chi connectivity index (χ0n) is 17.9. The van der Waals surface area contributed by atoms with Crippen molar-refractivity contribution < 1.29 is 31.4 Å². The van der Waals surface area contributed by atoms with Crippen LogP contribution in [0.25, 0.3) is 10.9 Å². The van der Waals surface area contributed by atoms with E-state index in [0.29, 0.717) is 0 Å². The fourth-order valence-corrected chi connectivity index (χ4v) is 4.79. The van der Waals surface area contributed by atoms with Crippen LogP contribution in [-0.4, -0.2) is 28.9 Å². The van der Waals surface area contributed by atoms with Gasteiger partial charge in [0, 0.05) is 35.2 Å². The summed E-state index contributed by atoms with van der Waals surface area (Å²) in [6, 6.07) is 3.94. The number of H-pyrrole nitrogens is 2. The number of alkyl halides is 3. The van der Waals surface area contributed by atoms with Crippen LogP contribution in [0.1, 0.15) is 37.1 Å². The van der Waals surface area contributed by atoms with Gasteiger partial charge in [-0.15, -0.1) is 0 Å². The van der Waals surface area contributed by atoms with E-state index in [1.807, 2.05) is 0 Å². The van der Waals surface area contributed by atoms with Gasteiger partial charge in [0.2, 0.25) is 5.82 Å². The molecule has 4 rings (SSSR count). The number of hydrogen-bond acceptors (Lipinski definition) is 4. The van der Waals surface area contributed by atoms with E-state index in [9.17, 15) is 31.5 Å². The number of fused-ring (bicyclic) bond motifs is 1. The highest BCUT2D eigenvalue weighted by Crippen LogP contribution is 2.59. The summed E-state index contributed by atoms with van der Waals surface area (Å²) in [6.07, 6.45) is -6.31. The maximum Gasteiger partial charge on any atom is 0.417 e. The molecular weight excluding hydrogens is 487 g/mol. The molecule has 34 heavy (non-hydrogen) atoms. The monoisotopic (exact) mass is 504 g/mol. The second-order valence-electron chi connectivity index (χ2n) is 8.27. The van der Waals surface area contributed by atoms with E-state index < -0.39 is 58.1 Å². The first kappa shape index (κ1) is 24.2. The lowest BCUT2D eigenvalue weighted by Crippen LogP contribution is -2.46. The molecule has 0 radical (unpaired) electrons. The maximum atomic E-state index is 14.5. The molecule has 0 saturated carbocycles.